The van der Waals surface area contributed by atoms with E-state index in [-0.39, 0.29) is 18.3 Å². The van der Waals surface area contributed by atoms with E-state index in [0.29, 0.717) is 0 Å². The van der Waals surface area contributed by atoms with E-state index in [1.165, 1.54) is 0 Å². The molecule has 14 heavy (non-hydrogen) atoms. The maximum Gasteiger partial charge on any atom is 0.234 e. The van der Waals surface area contributed by atoms with Crippen LogP contribution in [0.2, 0.25) is 0 Å². The summed E-state index contributed by atoms with van der Waals surface area (Å²) in [6, 6.07) is 0. The standard InChI is InChI=1S/C7H15ClN2O3S/c1-7(2,10-14(3,12)13)5-9-6(11)4-8/h10H,4-5H2,1-3H3,(H,9,11). The van der Waals surface area contributed by atoms with Gasteiger partial charge < -0.3 is 5.32 Å². The number of rotatable bonds is 5. The van der Waals surface area contributed by atoms with Crippen molar-refractivity contribution in [2.75, 3.05) is 18.7 Å². The first-order valence-electron chi connectivity index (χ1n) is 3.98. The molecule has 0 unspecified atom stereocenters. The zero-order chi connectivity index (χ0) is 11.4. The van der Waals surface area contributed by atoms with E-state index in [2.05, 4.69) is 10.0 Å². The second-order valence-corrected chi connectivity index (χ2v) is 5.68. The molecule has 1 amide bonds. The summed E-state index contributed by atoms with van der Waals surface area (Å²) < 4.78 is 24.2. The van der Waals surface area contributed by atoms with E-state index in [1.807, 2.05) is 0 Å². The lowest BCUT2D eigenvalue weighted by molar-refractivity contribution is -0.118. The summed E-state index contributed by atoms with van der Waals surface area (Å²) in [6.07, 6.45) is 1.07. The minimum Gasteiger partial charge on any atom is -0.353 e. The van der Waals surface area contributed by atoms with Crippen molar-refractivity contribution in [1.29, 1.82) is 0 Å². The van der Waals surface area contributed by atoms with Crippen molar-refractivity contribution in [3.63, 3.8) is 0 Å². The van der Waals surface area contributed by atoms with E-state index in [0.717, 1.165) is 6.26 Å². The number of carbonyl (C=O) groups excluding carboxylic acids is 1. The molecule has 0 aliphatic rings. The molecule has 0 aromatic rings. The summed E-state index contributed by atoms with van der Waals surface area (Å²) in [7, 11) is -3.27. The zero-order valence-corrected chi connectivity index (χ0v) is 10.00. The highest BCUT2D eigenvalue weighted by atomic mass is 35.5. The molecule has 0 fully saturated rings. The molecule has 0 aliphatic heterocycles. The fourth-order valence-electron chi connectivity index (χ4n) is 0.905. The van der Waals surface area contributed by atoms with E-state index < -0.39 is 15.6 Å². The molecule has 0 aliphatic carbocycles. The largest absolute Gasteiger partial charge is 0.353 e. The molecule has 7 heteroatoms. The fourth-order valence-corrected chi connectivity index (χ4v) is 2.08. The average molecular weight is 243 g/mol. The Bertz CT molecular complexity index is 300. The van der Waals surface area contributed by atoms with E-state index in [1.54, 1.807) is 13.8 Å². The third kappa shape index (κ3) is 7.11. The molecule has 0 heterocycles. The maximum absolute atomic E-state index is 10.9. The van der Waals surface area contributed by atoms with Gasteiger partial charge in [-0.05, 0) is 13.8 Å². The van der Waals surface area contributed by atoms with Crippen molar-refractivity contribution in [3.8, 4) is 0 Å². The topological polar surface area (TPSA) is 75.3 Å². The van der Waals surface area contributed by atoms with Gasteiger partial charge in [0.05, 0.1) is 6.26 Å². The van der Waals surface area contributed by atoms with Crippen molar-refractivity contribution >= 4 is 27.5 Å². The minimum absolute atomic E-state index is 0.130. The van der Waals surface area contributed by atoms with Crippen LogP contribution in [0.5, 0.6) is 0 Å². The van der Waals surface area contributed by atoms with Crippen LogP contribution in [0, 0.1) is 0 Å². The van der Waals surface area contributed by atoms with Gasteiger partial charge >= 0.3 is 0 Å². The number of sulfonamides is 1. The van der Waals surface area contributed by atoms with Crippen LogP contribution in [0.25, 0.3) is 0 Å². The first-order chi connectivity index (χ1) is 6.16. The van der Waals surface area contributed by atoms with Crippen LogP contribution in [0.15, 0.2) is 0 Å². The van der Waals surface area contributed by atoms with Crippen LogP contribution in [0.4, 0.5) is 0 Å². The SMILES string of the molecule is CC(C)(CNC(=O)CCl)NS(C)(=O)=O. The summed E-state index contributed by atoms with van der Waals surface area (Å²) >= 11 is 5.26. The van der Waals surface area contributed by atoms with E-state index in [9.17, 15) is 13.2 Å². The summed E-state index contributed by atoms with van der Waals surface area (Å²) in [5.41, 5.74) is -0.713. The Balaban J connectivity index is 4.15. The molecule has 84 valence electrons. The Morgan fingerprint density at radius 3 is 2.29 bits per heavy atom. The van der Waals surface area contributed by atoms with Gasteiger partial charge in [-0.2, -0.15) is 0 Å². The molecule has 0 radical (unpaired) electrons. The van der Waals surface area contributed by atoms with Crippen molar-refractivity contribution in [2.45, 2.75) is 19.4 Å². The minimum atomic E-state index is -3.27. The summed E-state index contributed by atoms with van der Waals surface area (Å²) in [6.45, 7) is 3.54. The van der Waals surface area contributed by atoms with Gasteiger partial charge in [0, 0.05) is 12.1 Å². The fraction of sp³-hybridized carbons (Fsp3) is 0.857. The smallest absolute Gasteiger partial charge is 0.234 e. The number of alkyl halides is 1. The first-order valence-corrected chi connectivity index (χ1v) is 6.40. The van der Waals surface area contributed by atoms with Gasteiger partial charge in [0.15, 0.2) is 0 Å². The van der Waals surface area contributed by atoms with Crippen molar-refractivity contribution in [3.05, 3.63) is 0 Å². The van der Waals surface area contributed by atoms with Gasteiger partial charge in [-0.15, -0.1) is 11.6 Å². The number of hydrogen-bond donors (Lipinski definition) is 2. The molecule has 0 aromatic heterocycles. The predicted octanol–water partition coefficient (Wildman–Crippen LogP) is -0.331. The molecule has 2 N–H and O–H groups in total. The van der Waals surface area contributed by atoms with Crippen LogP contribution in [-0.4, -0.2) is 38.5 Å². The lowest BCUT2D eigenvalue weighted by Gasteiger charge is -2.24. The molecule has 0 saturated heterocycles. The van der Waals surface area contributed by atoms with Crippen LogP contribution in [-0.2, 0) is 14.8 Å². The number of amides is 1. The molecule has 0 saturated carbocycles. The van der Waals surface area contributed by atoms with Gasteiger partial charge in [0.25, 0.3) is 0 Å². The van der Waals surface area contributed by atoms with Crippen LogP contribution in [0.1, 0.15) is 13.8 Å². The second-order valence-electron chi connectivity index (χ2n) is 3.67. The van der Waals surface area contributed by atoms with Gasteiger partial charge in [-0.1, -0.05) is 0 Å². The molecule has 0 spiro atoms. The number of halogens is 1. The zero-order valence-electron chi connectivity index (χ0n) is 8.43. The summed E-state index contributed by atoms with van der Waals surface area (Å²) in [4.78, 5) is 10.8. The van der Waals surface area contributed by atoms with Crippen molar-refractivity contribution < 1.29 is 13.2 Å². The normalized spacial score (nSPS) is 12.6. The summed E-state index contributed by atoms with van der Waals surface area (Å²) in [5, 5.41) is 2.50. The Morgan fingerprint density at radius 1 is 1.43 bits per heavy atom. The van der Waals surface area contributed by atoms with Gasteiger partial charge in [-0.3, -0.25) is 4.79 Å². The second kappa shape index (κ2) is 4.95. The van der Waals surface area contributed by atoms with Crippen LogP contribution < -0.4 is 10.0 Å². The van der Waals surface area contributed by atoms with Crippen LogP contribution in [0.3, 0.4) is 0 Å². The molecule has 5 nitrogen and oxygen atoms in total. The lowest BCUT2D eigenvalue weighted by Crippen LogP contribution is -2.51. The van der Waals surface area contributed by atoms with E-state index >= 15 is 0 Å². The molecule has 0 aromatic carbocycles. The quantitative estimate of drug-likeness (QED) is 0.649. The number of nitrogens with one attached hydrogen (secondary N) is 2. The number of hydrogen-bond acceptors (Lipinski definition) is 3. The Hall–Kier alpha value is -0.330. The summed E-state index contributed by atoms with van der Waals surface area (Å²) in [5.74, 6) is -0.454. The molecular formula is C7H15ClN2O3S. The Labute approximate surface area is 89.3 Å². The third-order valence-corrected chi connectivity index (χ3v) is 2.48. The highest BCUT2D eigenvalue weighted by Crippen LogP contribution is 2.01. The molecule has 0 rings (SSSR count). The van der Waals surface area contributed by atoms with Gasteiger partial charge in [-0.25, -0.2) is 13.1 Å². The first kappa shape index (κ1) is 13.7. The predicted molar refractivity (Wildman–Crippen MR) is 55.8 cm³/mol. The highest BCUT2D eigenvalue weighted by Gasteiger charge is 2.22. The van der Waals surface area contributed by atoms with Gasteiger partial charge in [0.1, 0.15) is 5.88 Å². The van der Waals surface area contributed by atoms with Crippen molar-refractivity contribution in [2.24, 2.45) is 0 Å². The molecule has 0 atom stereocenters. The third-order valence-electron chi connectivity index (χ3n) is 1.31. The van der Waals surface area contributed by atoms with E-state index in [4.69, 9.17) is 11.6 Å². The Morgan fingerprint density at radius 2 is 1.93 bits per heavy atom. The molecular weight excluding hydrogens is 228 g/mol. The van der Waals surface area contributed by atoms with Crippen LogP contribution >= 0.6 is 11.6 Å². The highest BCUT2D eigenvalue weighted by molar-refractivity contribution is 7.88. The Kier molecular flexibility index (Phi) is 4.83. The maximum atomic E-state index is 10.9. The lowest BCUT2D eigenvalue weighted by atomic mass is 10.1. The number of carbonyl (C=O) groups is 1. The van der Waals surface area contributed by atoms with Gasteiger partial charge in [0.2, 0.25) is 15.9 Å². The average Bonchev–Trinajstić information content (AvgIpc) is 1.96. The molecule has 0 bridgehead atoms. The van der Waals surface area contributed by atoms with Crippen molar-refractivity contribution in [1.82, 2.24) is 10.0 Å². The monoisotopic (exact) mass is 242 g/mol.